The van der Waals surface area contributed by atoms with Crippen LogP contribution in [0.1, 0.15) is 37.9 Å². The number of carbonyl (C=O) groups excluding carboxylic acids is 1. The Morgan fingerprint density at radius 1 is 1.53 bits per heavy atom. The molecule has 0 fully saturated rings. The van der Waals surface area contributed by atoms with Crippen LogP contribution < -0.4 is 0 Å². The van der Waals surface area contributed by atoms with Gasteiger partial charge in [-0.05, 0) is 20.8 Å². The summed E-state index contributed by atoms with van der Waals surface area (Å²) in [5.41, 5.74) is 0.561. The molecular formula is C12H19NO3S. The lowest BCUT2D eigenvalue weighted by Crippen LogP contribution is -2.21. The van der Waals surface area contributed by atoms with Gasteiger partial charge in [0.15, 0.2) is 0 Å². The summed E-state index contributed by atoms with van der Waals surface area (Å²) < 4.78 is 10.2. The van der Waals surface area contributed by atoms with E-state index in [0.717, 1.165) is 10.7 Å². The smallest absolute Gasteiger partial charge is 0.305 e. The van der Waals surface area contributed by atoms with Gasteiger partial charge in [-0.2, -0.15) is 0 Å². The van der Waals surface area contributed by atoms with Crippen LogP contribution >= 0.6 is 11.3 Å². The zero-order chi connectivity index (χ0) is 12.9. The van der Waals surface area contributed by atoms with Crippen molar-refractivity contribution in [1.29, 1.82) is 0 Å². The van der Waals surface area contributed by atoms with E-state index >= 15 is 0 Å². The van der Waals surface area contributed by atoms with E-state index in [-0.39, 0.29) is 11.6 Å². The van der Waals surface area contributed by atoms with Crippen LogP contribution in [0.15, 0.2) is 5.38 Å². The minimum absolute atomic E-state index is 0.205. The van der Waals surface area contributed by atoms with Crippen molar-refractivity contribution >= 4 is 17.3 Å². The molecule has 4 nitrogen and oxygen atoms in total. The van der Waals surface area contributed by atoms with Crippen LogP contribution in [-0.4, -0.2) is 24.7 Å². The van der Waals surface area contributed by atoms with Crippen molar-refractivity contribution in [2.45, 2.75) is 39.2 Å². The van der Waals surface area contributed by atoms with Crippen LogP contribution in [0.3, 0.4) is 0 Å². The lowest BCUT2D eigenvalue weighted by molar-refractivity contribution is -0.140. The van der Waals surface area contributed by atoms with Gasteiger partial charge in [0.2, 0.25) is 0 Å². The van der Waals surface area contributed by atoms with Crippen LogP contribution in [0.25, 0.3) is 0 Å². The van der Waals surface area contributed by atoms with Crippen molar-refractivity contribution in [3.8, 4) is 0 Å². The molecule has 5 heteroatoms. The van der Waals surface area contributed by atoms with Crippen molar-refractivity contribution in [3.05, 3.63) is 16.1 Å². The zero-order valence-electron chi connectivity index (χ0n) is 10.8. The maximum atomic E-state index is 11.0. The monoisotopic (exact) mass is 257 g/mol. The van der Waals surface area contributed by atoms with E-state index in [0.29, 0.717) is 19.4 Å². The topological polar surface area (TPSA) is 48.4 Å². The molecule has 1 heterocycles. The van der Waals surface area contributed by atoms with Gasteiger partial charge >= 0.3 is 5.97 Å². The largest absolute Gasteiger partial charge is 0.469 e. The first-order valence-corrected chi connectivity index (χ1v) is 6.53. The molecule has 0 spiro atoms. The predicted molar refractivity (Wildman–Crippen MR) is 67.1 cm³/mol. The zero-order valence-corrected chi connectivity index (χ0v) is 11.6. The van der Waals surface area contributed by atoms with Gasteiger partial charge < -0.3 is 9.47 Å². The SMILES string of the molecule is CCOC(C)(C)c1nc(CCC(=O)OC)cs1. The fourth-order valence-corrected chi connectivity index (χ4v) is 2.38. The molecule has 0 radical (unpaired) electrons. The van der Waals surface area contributed by atoms with E-state index < -0.39 is 0 Å². The number of nitrogens with zero attached hydrogens (tertiary/aromatic N) is 1. The molecule has 0 amide bonds. The highest BCUT2D eigenvalue weighted by molar-refractivity contribution is 7.09. The molecule has 0 saturated heterocycles. The number of thiazole rings is 1. The van der Waals surface area contributed by atoms with Gasteiger partial charge in [-0.3, -0.25) is 4.79 Å². The Bertz CT molecular complexity index is 374. The second-order valence-electron chi connectivity index (χ2n) is 4.16. The highest BCUT2D eigenvalue weighted by atomic mass is 32.1. The Labute approximate surface area is 106 Å². The van der Waals surface area contributed by atoms with E-state index in [2.05, 4.69) is 9.72 Å². The van der Waals surface area contributed by atoms with Gasteiger partial charge in [-0.15, -0.1) is 11.3 Å². The number of hydrogen-bond donors (Lipinski definition) is 0. The third kappa shape index (κ3) is 4.09. The van der Waals surface area contributed by atoms with E-state index in [1.54, 1.807) is 11.3 Å². The standard InChI is InChI=1S/C12H19NO3S/c1-5-16-12(2,3)11-13-9(8-17-11)6-7-10(14)15-4/h8H,5-7H2,1-4H3. The molecule has 0 bridgehead atoms. The average molecular weight is 257 g/mol. The number of hydrogen-bond acceptors (Lipinski definition) is 5. The molecule has 0 aromatic carbocycles. The Balaban J connectivity index is 2.62. The van der Waals surface area contributed by atoms with Crippen molar-refractivity contribution in [2.75, 3.05) is 13.7 Å². The first kappa shape index (κ1) is 14.1. The molecule has 0 atom stereocenters. The van der Waals surface area contributed by atoms with Crippen LogP contribution in [-0.2, 0) is 26.3 Å². The van der Waals surface area contributed by atoms with E-state index in [1.165, 1.54) is 7.11 Å². The van der Waals surface area contributed by atoms with Crippen molar-refractivity contribution in [2.24, 2.45) is 0 Å². The molecule has 0 aliphatic carbocycles. The fourth-order valence-electron chi connectivity index (χ4n) is 1.45. The molecular weight excluding hydrogens is 238 g/mol. The van der Waals surface area contributed by atoms with Gasteiger partial charge in [0.05, 0.1) is 19.2 Å². The number of ether oxygens (including phenoxy) is 2. The van der Waals surface area contributed by atoms with E-state index in [4.69, 9.17) is 4.74 Å². The summed E-state index contributed by atoms with van der Waals surface area (Å²) in [6.07, 6.45) is 0.986. The molecule has 0 aliphatic heterocycles. The van der Waals surface area contributed by atoms with Crippen molar-refractivity contribution < 1.29 is 14.3 Å². The Hall–Kier alpha value is -0.940. The summed E-state index contributed by atoms with van der Waals surface area (Å²) in [6.45, 7) is 6.62. The average Bonchev–Trinajstić information content (AvgIpc) is 2.75. The lowest BCUT2D eigenvalue weighted by Gasteiger charge is -2.21. The predicted octanol–water partition coefficient (Wildman–Crippen LogP) is 2.52. The minimum atomic E-state index is -0.358. The summed E-state index contributed by atoms with van der Waals surface area (Å²) in [5, 5.41) is 2.91. The first-order chi connectivity index (χ1) is 7.99. The van der Waals surface area contributed by atoms with Gasteiger partial charge in [0, 0.05) is 18.4 Å². The molecule has 96 valence electrons. The molecule has 0 N–H and O–H groups in total. The summed E-state index contributed by atoms with van der Waals surface area (Å²) >= 11 is 1.57. The Morgan fingerprint density at radius 2 is 2.24 bits per heavy atom. The van der Waals surface area contributed by atoms with Gasteiger partial charge in [-0.25, -0.2) is 4.98 Å². The van der Waals surface area contributed by atoms with Crippen molar-refractivity contribution in [3.63, 3.8) is 0 Å². The van der Waals surface area contributed by atoms with Gasteiger partial charge in [0.25, 0.3) is 0 Å². The quantitative estimate of drug-likeness (QED) is 0.735. The summed E-state index contributed by atoms with van der Waals surface area (Å²) in [6, 6.07) is 0. The maximum absolute atomic E-state index is 11.0. The number of aromatic nitrogens is 1. The summed E-state index contributed by atoms with van der Waals surface area (Å²) in [5.74, 6) is -0.205. The highest BCUT2D eigenvalue weighted by Gasteiger charge is 2.24. The van der Waals surface area contributed by atoms with Crippen molar-refractivity contribution in [1.82, 2.24) is 4.98 Å². The summed E-state index contributed by atoms with van der Waals surface area (Å²) in [4.78, 5) is 15.5. The molecule has 0 saturated carbocycles. The third-order valence-corrected chi connectivity index (χ3v) is 3.58. The molecule has 1 aromatic heterocycles. The van der Waals surface area contributed by atoms with Gasteiger partial charge in [-0.1, -0.05) is 0 Å². The molecule has 17 heavy (non-hydrogen) atoms. The van der Waals surface area contributed by atoms with Crippen LogP contribution in [0.2, 0.25) is 0 Å². The second-order valence-corrected chi connectivity index (χ2v) is 5.02. The lowest BCUT2D eigenvalue weighted by atomic mass is 10.1. The number of rotatable bonds is 6. The van der Waals surface area contributed by atoms with Crippen LogP contribution in [0.4, 0.5) is 0 Å². The minimum Gasteiger partial charge on any atom is -0.469 e. The van der Waals surface area contributed by atoms with Gasteiger partial charge in [0.1, 0.15) is 10.6 Å². The number of aryl methyl sites for hydroxylation is 1. The molecule has 0 unspecified atom stereocenters. The molecule has 0 aliphatic rings. The molecule has 1 aromatic rings. The highest BCUT2D eigenvalue weighted by Crippen LogP contribution is 2.27. The number of carbonyl (C=O) groups is 1. The Kier molecular flexibility index (Phi) is 5.08. The normalized spacial score (nSPS) is 11.5. The molecule has 1 rings (SSSR count). The maximum Gasteiger partial charge on any atom is 0.305 e. The summed E-state index contributed by atoms with van der Waals surface area (Å²) in [7, 11) is 1.40. The Morgan fingerprint density at radius 3 is 2.82 bits per heavy atom. The number of methoxy groups -OCH3 is 1. The van der Waals surface area contributed by atoms with Crippen LogP contribution in [0.5, 0.6) is 0 Å². The van der Waals surface area contributed by atoms with E-state index in [9.17, 15) is 4.79 Å². The second kappa shape index (κ2) is 6.12. The van der Waals surface area contributed by atoms with Crippen LogP contribution in [0, 0.1) is 0 Å². The number of esters is 1. The first-order valence-electron chi connectivity index (χ1n) is 5.65. The third-order valence-electron chi connectivity index (χ3n) is 2.38. The van der Waals surface area contributed by atoms with E-state index in [1.807, 2.05) is 26.2 Å². The fraction of sp³-hybridized carbons (Fsp3) is 0.667.